The van der Waals surface area contributed by atoms with Crippen LogP contribution in [0.5, 0.6) is 0 Å². The van der Waals surface area contributed by atoms with Crippen LogP contribution in [0.4, 0.5) is 5.69 Å². The molecule has 1 N–H and O–H groups in total. The van der Waals surface area contributed by atoms with Gasteiger partial charge < -0.3 is 10.0 Å². The summed E-state index contributed by atoms with van der Waals surface area (Å²) in [5.41, 5.74) is 3.54. The number of aromatic carboxylic acids is 1. The lowest BCUT2D eigenvalue weighted by atomic mass is 10.1. The van der Waals surface area contributed by atoms with Crippen LogP contribution >= 0.6 is 11.3 Å². The van der Waals surface area contributed by atoms with Crippen LogP contribution in [-0.2, 0) is 6.54 Å². The maximum absolute atomic E-state index is 11.0. The highest BCUT2D eigenvalue weighted by molar-refractivity contribution is 7.14. The lowest BCUT2D eigenvalue weighted by Crippen LogP contribution is -2.22. The van der Waals surface area contributed by atoms with Crippen LogP contribution in [-0.4, -0.2) is 17.6 Å². The SMILES string of the molecule is CCN(Cc1cc(C(=O)O)sc1C)c1ccccc1C. The molecule has 3 nitrogen and oxygen atoms in total. The highest BCUT2D eigenvalue weighted by Crippen LogP contribution is 2.26. The molecule has 0 fully saturated rings. The van der Waals surface area contributed by atoms with Gasteiger partial charge in [0, 0.05) is 23.7 Å². The molecule has 1 aromatic carbocycles. The minimum absolute atomic E-state index is 0.415. The lowest BCUT2D eigenvalue weighted by molar-refractivity contribution is 0.0702. The zero-order chi connectivity index (χ0) is 14.7. The zero-order valence-corrected chi connectivity index (χ0v) is 12.8. The first-order chi connectivity index (χ1) is 9.52. The van der Waals surface area contributed by atoms with E-state index in [2.05, 4.69) is 30.9 Å². The second-order valence-electron chi connectivity index (χ2n) is 4.80. The van der Waals surface area contributed by atoms with Gasteiger partial charge in [0.2, 0.25) is 0 Å². The van der Waals surface area contributed by atoms with Gasteiger partial charge in [-0.05, 0) is 44.0 Å². The van der Waals surface area contributed by atoms with E-state index in [1.165, 1.54) is 22.6 Å². The van der Waals surface area contributed by atoms with Crippen LogP contribution in [0.3, 0.4) is 0 Å². The molecule has 20 heavy (non-hydrogen) atoms. The Bertz CT molecular complexity index is 619. The van der Waals surface area contributed by atoms with Crippen LogP contribution in [0, 0.1) is 13.8 Å². The first-order valence-corrected chi connectivity index (χ1v) is 7.47. The molecule has 0 bridgehead atoms. The molecule has 1 heterocycles. The Kier molecular flexibility index (Phi) is 4.45. The van der Waals surface area contributed by atoms with Crippen molar-refractivity contribution in [1.82, 2.24) is 0 Å². The summed E-state index contributed by atoms with van der Waals surface area (Å²) in [6.45, 7) is 7.84. The van der Waals surface area contributed by atoms with E-state index in [1.807, 2.05) is 19.1 Å². The fraction of sp³-hybridized carbons (Fsp3) is 0.312. The van der Waals surface area contributed by atoms with Crippen molar-refractivity contribution < 1.29 is 9.90 Å². The monoisotopic (exact) mass is 289 g/mol. The molecule has 0 radical (unpaired) electrons. The summed E-state index contributed by atoms with van der Waals surface area (Å²) in [7, 11) is 0. The number of carboxylic acids is 1. The third-order valence-electron chi connectivity index (χ3n) is 3.43. The second-order valence-corrected chi connectivity index (χ2v) is 6.05. The molecular weight excluding hydrogens is 270 g/mol. The second kappa shape index (κ2) is 6.09. The molecule has 106 valence electrons. The number of para-hydroxylation sites is 1. The zero-order valence-electron chi connectivity index (χ0n) is 12.0. The number of benzene rings is 1. The summed E-state index contributed by atoms with van der Waals surface area (Å²) < 4.78 is 0. The molecule has 0 atom stereocenters. The Morgan fingerprint density at radius 2 is 2.00 bits per heavy atom. The first kappa shape index (κ1) is 14.6. The Morgan fingerprint density at radius 3 is 2.55 bits per heavy atom. The molecule has 4 heteroatoms. The van der Waals surface area contributed by atoms with Crippen molar-refractivity contribution in [3.63, 3.8) is 0 Å². The molecule has 0 saturated carbocycles. The van der Waals surface area contributed by atoms with Gasteiger partial charge in [-0.25, -0.2) is 4.79 Å². The van der Waals surface area contributed by atoms with Crippen molar-refractivity contribution in [2.24, 2.45) is 0 Å². The van der Waals surface area contributed by atoms with Gasteiger partial charge in [-0.3, -0.25) is 0 Å². The molecule has 0 aliphatic rings. The molecule has 0 aliphatic carbocycles. The maximum atomic E-state index is 11.0. The van der Waals surface area contributed by atoms with Gasteiger partial charge in [0.25, 0.3) is 0 Å². The number of hydrogen-bond donors (Lipinski definition) is 1. The van der Waals surface area contributed by atoms with E-state index in [4.69, 9.17) is 5.11 Å². The number of nitrogens with zero attached hydrogens (tertiary/aromatic N) is 1. The van der Waals surface area contributed by atoms with Crippen LogP contribution in [0.15, 0.2) is 30.3 Å². The minimum Gasteiger partial charge on any atom is -0.477 e. The van der Waals surface area contributed by atoms with Crippen molar-refractivity contribution in [1.29, 1.82) is 0 Å². The average Bonchev–Trinajstić information content (AvgIpc) is 2.78. The van der Waals surface area contributed by atoms with Crippen molar-refractivity contribution >= 4 is 23.0 Å². The first-order valence-electron chi connectivity index (χ1n) is 6.66. The number of carbonyl (C=O) groups is 1. The van der Waals surface area contributed by atoms with Crippen molar-refractivity contribution in [2.75, 3.05) is 11.4 Å². The molecule has 1 aromatic heterocycles. The molecule has 0 saturated heterocycles. The standard InChI is InChI=1S/C16H19NO2S/c1-4-17(14-8-6-5-7-11(14)2)10-13-9-15(16(18)19)20-12(13)3/h5-9H,4,10H2,1-3H3,(H,18,19). The van der Waals surface area contributed by atoms with Gasteiger partial charge in [-0.2, -0.15) is 0 Å². The summed E-state index contributed by atoms with van der Waals surface area (Å²) in [6, 6.07) is 10.1. The largest absolute Gasteiger partial charge is 0.477 e. The Hall–Kier alpha value is -1.81. The molecule has 2 aromatic rings. The molecule has 2 rings (SSSR count). The van der Waals surface area contributed by atoms with E-state index in [-0.39, 0.29) is 0 Å². The predicted molar refractivity (Wildman–Crippen MR) is 83.9 cm³/mol. The number of aryl methyl sites for hydroxylation is 2. The third kappa shape index (κ3) is 3.02. The number of hydrogen-bond acceptors (Lipinski definition) is 3. The number of carboxylic acid groups (broad SMARTS) is 1. The number of rotatable bonds is 5. The summed E-state index contributed by atoms with van der Waals surface area (Å²) >= 11 is 1.35. The highest BCUT2D eigenvalue weighted by Gasteiger charge is 2.14. The highest BCUT2D eigenvalue weighted by atomic mass is 32.1. The van der Waals surface area contributed by atoms with Gasteiger partial charge in [0.15, 0.2) is 0 Å². The lowest BCUT2D eigenvalue weighted by Gasteiger charge is -2.25. The Labute approximate surface area is 123 Å². The van der Waals surface area contributed by atoms with Crippen LogP contribution in [0.2, 0.25) is 0 Å². The van der Waals surface area contributed by atoms with Gasteiger partial charge in [0.05, 0.1) is 0 Å². The molecule has 0 unspecified atom stereocenters. The normalized spacial score (nSPS) is 10.6. The third-order valence-corrected chi connectivity index (χ3v) is 4.51. The fourth-order valence-corrected chi connectivity index (χ4v) is 3.15. The van der Waals surface area contributed by atoms with E-state index < -0.39 is 5.97 Å². The number of thiophene rings is 1. The number of anilines is 1. The smallest absolute Gasteiger partial charge is 0.345 e. The van der Waals surface area contributed by atoms with E-state index in [0.717, 1.165) is 23.5 Å². The molecular formula is C16H19NO2S. The van der Waals surface area contributed by atoms with Crippen LogP contribution in [0.1, 0.15) is 32.6 Å². The quantitative estimate of drug-likeness (QED) is 0.901. The molecule has 0 amide bonds. The summed E-state index contributed by atoms with van der Waals surface area (Å²) in [6.07, 6.45) is 0. The van der Waals surface area contributed by atoms with Gasteiger partial charge in [0.1, 0.15) is 4.88 Å². The predicted octanol–water partition coefficient (Wildman–Crippen LogP) is 4.09. The summed E-state index contributed by atoms with van der Waals surface area (Å²) in [5.74, 6) is -0.844. The Balaban J connectivity index is 2.27. The Morgan fingerprint density at radius 1 is 1.30 bits per heavy atom. The van der Waals surface area contributed by atoms with Crippen molar-refractivity contribution in [3.05, 3.63) is 51.2 Å². The average molecular weight is 289 g/mol. The van der Waals surface area contributed by atoms with E-state index in [0.29, 0.717) is 4.88 Å². The van der Waals surface area contributed by atoms with Crippen molar-refractivity contribution in [3.8, 4) is 0 Å². The van der Waals surface area contributed by atoms with Crippen LogP contribution in [0.25, 0.3) is 0 Å². The van der Waals surface area contributed by atoms with Crippen LogP contribution < -0.4 is 4.90 Å². The van der Waals surface area contributed by atoms with Gasteiger partial charge in [-0.1, -0.05) is 18.2 Å². The molecule has 0 aliphatic heterocycles. The minimum atomic E-state index is -0.844. The van der Waals surface area contributed by atoms with Gasteiger partial charge in [-0.15, -0.1) is 11.3 Å². The van der Waals surface area contributed by atoms with E-state index >= 15 is 0 Å². The van der Waals surface area contributed by atoms with E-state index in [1.54, 1.807) is 6.07 Å². The van der Waals surface area contributed by atoms with Crippen molar-refractivity contribution in [2.45, 2.75) is 27.3 Å². The molecule has 0 spiro atoms. The topological polar surface area (TPSA) is 40.5 Å². The maximum Gasteiger partial charge on any atom is 0.345 e. The summed E-state index contributed by atoms with van der Waals surface area (Å²) in [4.78, 5) is 14.8. The van der Waals surface area contributed by atoms with Gasteiger partial charge >= 0.3 is 5.97 Å². The fourth-order valence-electron chi connectivity index (χ4n) is 2.27. The van der Waals surface area contributed by atoms with E-state index in [9.17, 15) is 4.79 Å². The summed E-state index contributed by atoms with van der Waals surface area (Å²) in [5, 5.41) is 9.07.